The first kappa shape index (κ1) is 22.1. The van der Waals surface area contributed by atoms with Gasteiger partial charge < -0.3 is 10.6 Å². The molecule has 1 unspecified atom stereocenters. The minimum absolute atomic E-state index is 0.00472. The molecule has 4 rings (SSSR count). The molecule has 3 aromatic rings. The van der Waals surface area contributed by atoms with Gasteiger partial charge in [0.25, 0.3) is 5.91 Å². The summed E-state index contributed by atoms with van der Waals surface area (Å²) in [6.07, 6.45) is 0.0419. The Morgan fingerprint density at radius 2 is 1.76 bits per heavy atom. The van der Waals surface area contributed by atoms with Crippen molar-refractivity contribution in [1.82, 2.24) is 15.5 Å². The molecule has 1 aliphatic heterocycles. The quantitative estimate of drug-likeness (QED) is 0.595. The van der Waals surface area contributed by atoms with Crippen LogP contribution in [0.2, 0.25) is 0 Å². The summed E-state index contributed by atoms with van der Waals surface area (Å²) in [6.45, 7) is 0.0305. The second kappa shape index (κ2) is 9.60. The van der Waals surface area contributed by atoms with Gasteiger partial charge in [-0.3, -0.25) is 14.5 Å². The first-order valence-corrected chi connectivity index (χ1v) is 10.4. The van der Waals surface area contributed by atoms with Crippen molar-refractivity contribution >= 4 is 17.8 Å². The highest BCUT2D eigenvalue weighted by Gasteiger charge is 2.32. The predicted molar refractivity (Wildman–Crippen MR) is 117 cm³/mol. The van der Waals surface area contributed by atoms with Gasteiger partial charge in [0.15, 0.2) is 0 Å². The molecular formula is C25H21F2N3O3. The van der Waals surface area contributed by atoms with E-state index in [2.05, 4.69) is 10.6 Å². The molecule has 1 heterocycles. The third-order valence-electron chi connectivity index (χ3n) is 5.42. The molecule has 0 spiro atoms. The van der Waals surface area contributed by atoms with E-state index >= 15 is 0 Å². The monoisotopic (exact) mass is 449 g/mol. The fraction of sp³-hybridized carbons (Fsp3) is 0.160. The molecule has 6 nitrogen and oxygen atoms in total. The Hall–Kier alpha value is -4.07. The van der Waals surface area contributed by atoms with Crippen molar-refractivity contribution in [3.05, 3.63) is 107 Å². The average Bonchev–Trinajstić information content (AvgIpc) is 2.81. The van der Waals surface area contributed by atoms with E-state index in [1.165, 1.54) is 30.3 Å². The largest absolute Gasteiger partial charge is 0.348 e. The van der Waals surface area contributed by atoms with Gasteiger partial charge in [-0.15, -0.1) is 0 Å². The van der Waals surface area contributed by atoms with E-state index in [-0.39, 0.29) is 25.4 Å². The molecule has 4 amide bonds. The summed E-state index contributed by atoms with van der Waals surface area (Å²) in [5.74, 6) is -1.57. The molecule has 8 heteroatoms. The van der Waals surface area contributed by atoms with Crippen LogP contribution in [-0.2, 0) is 17.9 Å². The van der Waals surface area contributed by atoms with Crippen LogP contribution in [-0.4, -0.2) is 22.7 Å². The van der Waals surface area contributed by atoms with Crippen LogP contribution in [0.5, 0.6) is 0 Å². The maximum atomic E-state index is 13.8. The number of carbonyl (C=O) groups is 3. The third kappa shape index (κ3) is 5.23. The summed E-state index contributed by atoms with van der Waals surface area (Å²) < 4.78 is 26.9. The fourth-order valence-corrected chi connectivity index (χ4v) is 3.65. The van der Waals surface area contributed by atoms with Gasteiger partial charge >= 0.3 is 6.03 Å². The van der Waals surface area contributed by atoms with Crippen LogP contribution < -0.4 is 10.6 Å². The van der Waals surface area contributed by atoms with E-state index in [0.717, 1.165) is 4.90 Å². The zero-order chi connectivity index (χ0) is 23.4. The number of halogens is 2. The van der Waals surface area contributed by atoms with Crippen molar-refractivity contribution in [3.63, 3.8) is 0 Å². The lowest BCUT2D eigenvalue weighted by molar-refractivity contribution is -0.130. The number of benzene rings is 3. The molecule has 0 radical (unpaired) electrons. The van der Waals surface area contributed by atoms with Crippen LogP contribution in [0, 0.1) is 11.6 Å². The highest BCUT2D eigenvalue weighted by molar-refractivity contribution is 5.97. The zero-order valence-corrected chi connectivity index (χ0v) is 17.6. The summed E-state index contributed by atoms with van der Waals surface area (Å²) in [5.41, 5.74) is 1.94. The first-order valence-electron chi connectivity index (χ1n) is 10.4. The lowest BCUT2D eigenvalue weighted by Crippen LogP contribution is -2.50. The van der Waals surface area contributed by atoms with Crippen molar-refractivity contribution in [2.24, 2.45) is 0 Å². The first-order chi connectivity index (χ1) is 15.9. The van der Waals surface area contributed by atoms with Crippen molar-refractivity contribution in [3.8, 4) is 0 Å². The third-order valence-corrected chi connectivity index (χ3v) is 5.42. The van der Waals surface area contributed by atoms with E-state index in [4.69, 9.17) is 0 Å². The number of nitrogens with zero attached hydrogens (tertiary/aromatic N) is 1. The van der Waals surface area contributed by atoms with E-state index < -0.39 is 29.6 Å². The molecule has 0 aromatic heterocycles. The van der Waals surface area contributed by atoms with Crippen LogP contribution in [0.4, 0.5) is 13.6 Å². The van der Waals surface area contributed by atoms with Gasteiger partial charge in [-0.2, -0.15) is 0 Å². The summed E-state index contributed by atoms with van der Waals surface area (Å²) in [4.78, 5) is 38.8. The molecule has 0 bridgehead atoms. The van der Waals surface area contributed by atoms with Crippen molar-refractivity contribution in [2.45, 2.75) is 25.6 Å². The van der Waals surface area contributed by atoms with Crippen molar-refractivity contribution in [1.29, 1.82) is 0 Å². The van der Waals surface area contributed by atoms with Crippen LogP contribution in [0.3, 0.4) is 0 Å². The minimum Gasteiger partial charge on any atom is -0.348 e. The number of rotatable bonds is 6. The van der Waals surface area contributed by atoms with Crippen LogP contribution in [0.1, 0.15) is 39.5 Å². The minimum atomic E-state index is -0.560. The van der Waals surface area contributed by atoms with Crippen LogP contribution in [0.25, 0.3) is 0 Å². The standard InChI is InChI=1S/C25H21F2N3O3/c26-20-10-8-17(9-11-20)22-13-23(31)30(25(33)29-22)15-16-4-3-6-18(12-16)24(32)28-14-19-5-1-2-7-21(19)27/h1-12,22H,13-15H2,(H,28,32)(H,29,33). The normalized spacial score (nSPS) is 15.8. The van der Waals surface area contributed by atoms with Crippen molar-refractivity contribution in [2.75, 3.05) is 0 Å². The molecule has 3 aromatic carbocycles. The Bertz CT molecular complexity index is 1180. The molecule has 1 atom stereocenters. The van der Waals surface area contributed by atoms with Gasteiger partial charge in [0.2, 0.25) is 5.91 Å². The van der Waals surface area contributed by atoms with Gasteiger partial charge in [0.05, 0.1) is 19.0 Å². The summed E-state index contributed by atoms with van der Waals surface area (Å²) in [5, 5.41) is 5.43. The molecule has 33 heavy (non-hydrogen) atoms. The number of amides is 4. The zero-order valence-electron chi connectivity index (χ0n) is 17.6. The fourth-order valence-electron chi connectivity index (χ4n) is 3.65. The second-order valence-electron chi connectivity index (χ2n) is 7.71. The van der Waals surface area contributed by atoms with E-state index in [0.29, 0.717) is 22.3 Å². The number of nitrogens with one attached hydrogen (secondary N) is 2. The maximum Gasteiger partial charge on any atom is 0.324 e. The van der Waals surface area contributed by atoms with Gasteiger partial charge in [-0.05, 0) is 41.5 Å². The molecule has 1 aliphatic rings. The second-order valence-corrected chi connectivity index (χ2v) is 7.71. The lowest BCUT2D eigenvalue weighted by Gasteiger charge is -2.31. The van der Waals surface area contributed by atoms with Crippen LogP contribution in [0.15, 0.2) is 72.8 Å². The number of hydrogen-bond donors (Lipinski definition) is 2. The SMILES string of the molecule is O=C(NCc1ccccc1F)c1cccc(CN2C(=O)CC(c3ccc(F)cc3)NC2=O)c1. The smallest absolute Gasteiger partial charge is 0.324 e. The molecule has 168 valence electrons. The van der Waals surface area contributed by atoms with Gasteiger partial charge in [-0.25, -0.2) is 13.6 Å². The number of imide groups is 1. The predicted octanol–water partition coefficient (Wildman–Crippen LogP) is 4.08. The summed E-state index contributed by atoms with van der Waals surface area (Å²) in [7, 11) is 0. The molecule has 1 saturated heterocycles. The highest BCUT2D eigenvalue weighted by atomic mass is 19.1. The molecule has 0 saturated carbocycles. The number of carbonyl (C=O) groups excluding carboxylic acids is 3. The Morgan fingerprint density at radius 1 is 1.00 bits per heavy atom. The summed E-state index contributed by atoms with van der Waals surface area (Å²) in [6, 6.07) is 17.3. The Labute approximate surface area is 189 Å². The number of hydrogen-bond acceptors (Lipinski definition) is 3. The molecule has 2 N–H and O–H groups in total. The Kier molecular flexibility index (Phi) is 6.44. The molecule has 0 aliphatic carbocycles. The van der Waals surface area contributed by atoms with Gasteiger partial charge in [0.1, 0.15) is 11.6 Å². The maximum absolute atomic E-state index is 13.8. The Balaban J connectivity index is 1.40. The van der Waals surface area contributed by atoms with Gasteiger partial charge in [-0.1, -0.05) is 42.5 Å². The molecule has 1 fully saturated rings. The lowest BCUT2D eigenvalue weighted by atomic mass is 10.0. The van der Waals surface area contributed by atoms with E-state index in [1.54, 1.807) is 42.5 Å². The van der Waals surface area contributed by atoms with E-state index in [1.807, 2.05) is 0 Å². The number of urea groups is 1. The van der Waals surface area contributed by atoms with Crippen LogP contribution >= 0.6 is 0 Å². The summed E-state index contributed by atoms with van der Waals surface area (Å²) >= 11 is 0. The average molecular weight is 449 g/mol. The van der Waals surface area contributed by atoms with Gasteiger partial charge in [0, 0.05) is 17.7 Å². The Morgan fingerprint density at radius 3 is 2.48 bits per heavy atom. The topological polar surface area (TPSA) is 78.5 Å². The highest BCUT2D eigenvalue weighted by Crippen LogP contribution is 2.24. The van der Waals surface area contributed by atoms with Crippen molar-refractivity contribution < 1.29 is 23.2 Å². The van der Waals surface area contributed by atoms with E-state index in [9.17, 15) is 23.2 Å². The molecular weight excluding hydrogens is 428 g/mol.